The van der Waals surface area contributed by atoms with E-state index in [-0.39, 0.29) is 22.2 Å². The number of aromatic nitrogens is 3. The van der Waals surface area contributed by atoms with Gasteiger partial charge >= 0.3 is 0 Å². The number of furan rings is 4. The Bertz CT molecular complexity index is 6040. The van der Waals surface area contributed by atoms with Crippen molar-refractivity contribution in [3.8, 4) is 0 Å². The van der Waals surface area contributed by atoms with Crippen LogP contribution in [0.25, 0.3) is 88.0 Å². The lowest BCUT2D eigenvalue weighted by Crippen LogP contribution is -2.57. The van der Waals surface area contributed by atoms with E-state index in [9.17, 15) is 0 Å². The molecule has 10 fully saturated rings. The molecule has 3 spiro atoms. The van der Waals surface area contributed by atoms with E-state index in [0.29, 0.717) is 27.1 Å². The van der Waals surface area contributed by atoms with Crippen molar-refractivity contribution in [2.24, 2.45) is 45.3 Å². The van der Waals surface area contributed by atoms with Gasteiger partial charge in [-0.25, -0.2) is 15.0 Å². The third kappa shape index (κ3) is 18.2. The highest BCUT2D eigenvalue weighted by atomic mass is 16.3. The van der Waals surface area contributed by atoms with Crippen molar-refractivity contribution in [1.29, 1.82) is 0 Å². The van der Waals surface area contributed by atoms with Crippen LogP contribution in [0.3, 0.4) is 0 Å². The molecule has 710 valence electrons. The monoisotopic (exact) mass is 1790 g/mol. The molecule has 7 aromatic carbocycles. The van der Waals surface area contributed by atoms with Crippen LogP contribution in [0.2, 0.25) is 0 Å². The van der Waals surface area contributed by atoms with Gasteiger partial charge in [-0.3, -0.25) is 0 Å². The fraction of sp³-hybridized carbons (Fsp3) is 0.529. The molecule has 0 unspecified atom stereocenters. The maximum atomic E-state index is 6.40. The minimum absolute atomic E-state index is 0.120. The zero-order valence-electron chi connectivity index (χ0n) is 86.7. The van der Waals surface area contributed by atoms with Crippen molar-refractivity contribution in [3.05, 3.63) is 210 Å². The Morgan fingerprint density at radius 2 is 0.624 bits per heavy atom. The van der Waals surface area contributed by atoms with Gasteiger partial charge in [0.1, 0.15) is 17.0 Å². The van der Waals surface area contributed by atoms with Crippen molar-refractivity contribution in [3.63, 3.8) is 0 Å². The predicted molar refractivity (Wildman–Crippen MR) is 570 cm³/mol. The summed E-state index contributed by atoms with van der Waals surface area (Å²) in [6.45, 7) is 65.1. The normalized spacial score (nSPS) is 22.7. The van der Waals surface area contributed by atoms with Gasteiger partial charge in [-0.1, -0.05) is 245 Å². The lowest BCUT2D eigenvalue weighted by molar-refractivity contribution is -0.0529. The smallest absolute Gasteiger partial charge is 0.227 e. The molecule has 12 heterocycles. The fourth-order valence-electron chi connectivity index (χ4n) is 27.8. The van der Waals surface area contributed by atoms with Gasteiger partial charge in [-0.2, -0.15) is 0 Å². The summed E-state index contributed by atoms with van der Waals surface area (Å²) < 4.78 is 25.2. The standard InChI is InChI=1S/C24H29NO.C23H28N2O.C23H26N2.C21H25NO.C20H24N2O.5C2H6/c1-17-11-12-19-18-9-5-6-10-20(18)26-22(19)21(17)25-16-24(15-23(25,2)3)13-7-4-8-14-24;1-16-9-10-17-18-8-7-13-24-21(18)26-20(17)19(16)25-15-23(14-22(25,2)3)11-5-4-6-12-23;1-15-5-2-3-7-21(15)25-14-23(20-6-4-8-24-22(20)25)18-10-16-9-17(12-18)13-19(23)11-16;1-14-10-11-16-15-8-6-7-9-17(15)23-19(16)18(14)22-13-20(2,3)12-21(22,4)5;1-13-8-9-14-15-7-6-10-21-18(15)23-17(14)16(13)22-12-19(2,3)11-20(22,4)5;5*1-2/h5-6,9-12H,4,7-8,13-16H2,1-3H3;7-10,13H,4-6,11-12,14-15H2,1-3H3;2-8,16-19H,9-14H2,1H3;6-11H,12-13H2,1-5H3;6-10H,11-12H2,1-5H3;5*1-2H3. The molecule has 0 radical (unpaired) electrons. The Morgan fingerprint density at radius 3 is 1.01 bits per heavy atom. The second kappa shape index (κ2) is 38.8. The number of aryl methyl sites for hydroxylation is 5. The molecule has 7 aromatic heterocycles. The molecule has 0 N–H and O–H groups in total. The van der Waals surface area contributed by atoms with E-state index in [1.807, 2.05) is 99.8 Å². The third-order valence-electron chi connectivity index (χ3n) is 32.0. The highest BCUT2D eigenvalue weighted by molar-refractivity contribution is 6.12. The van der Waals surface area contributed by atoms with E-state index >= 15 is 0 Å². The van der Waals surface area contributed by atoms with Gasteiger partial charge in [0.2, 0.25) is 11.4 Å². The number of hydrogen-bond acceptors (Lipinski definition) is 12. The van der Waals surface area contributed by atoms with Gasteiger partial charge in [0, 0.05) is 133 Å². The molecule has 4 bridgehead atoms. The largest absolute Gasteiger partial charge is 0.454 e. The molecule has 25 rings (SSSR count). The van der Waals surface area contributed by atoms with Gasteiger partial charge in [-0.05, 0) is 295 Å². The number of para-hydroxylation sites is 3. The first-order valence-corrected chi connectivity index (χ1v) is 52.1. The SMILES string of the molecule is CC.CC.CC.CC.CC.Cc1ccc2c(oc3ccccc32)c1N1CC(C)(C)CC1(C)C.Cc1ccc2c(oc3ccccc32)c1N1CC2(CCCCC2)CC1(C)C.Cc1ccc2c(oc3ncccc32)c1N1CC(C)(C)CC1(C)C.Cc1ccc2c(oc3ncccc32)c1N1CC2(CCCCC2)CC1(C)C.Cc1ccccc1N1CC2(c3cccnc31)C1CC3CC(C1)CC2C3. The molecule has 0 amide bonds. The summed E-state index contributed by atoms with van der Waals surface area (Å²) in [7, 11) is 0. The van der Waals surface area contributed by atoms with Gasteiger partial charge in [0.15, 0.2) is 22.3 Å². The topological polar surface area (TPSA) is 107 Å². The average Bonchev–Trinajstić information content (AvgIpc) is 1.56. The summed E-state index contributed by atoms with van der Waals surface area (Å²) in [5.41, 5.74) is 24.7. The third-order valence-corrected chi connectivity index (χ3v) is 32.0. The highest BCUT2D eigenvalue weighted by Crippen LogP contribution is 2.67. The Hall–Kier alpha value is -9.81. The highest BCUT2D eigenvalue weighted by Gasteiger charge is 2.62. The number of anilines is 6. The average molecular weight is 1790 g/mol. The molecule has 12 nitrogen and oxygen atoms in total. The summed E-state index contributed by atoms with van der Waals surface area (Å²) in [5, 5.41) is 9.48. The first kappa shape index (κ1) is 97.7. The molecule has 5 aliphatic heterocycles. The predicted octanol–water partition coefficient (Wildman–Crippen LogP) is 34.6. The van der Waals surface area contributed by atoms with Crippen LogP contribution >= 0.6 is 0 Å². The van der Waals surface area contributed by atoms with E-state index in [1.54, 1.807) is 11.8 Å². The quantitative estimate of drug-likeness (QED) is 0.164. The Morgan fingerprint density at radius 1 is 0.293 bits per heavy atom. The molecular weight excluding hydrogens is 1630 g/mol. The van der Waals surface area contributed by atoms with Crippen molar-refractivity contribution >= 4 is 122 Å². The van der Waals surface area contributed by atoms with E-state index in [2.05, 4.69) is 292 Å². The van der Waals surface area contributed by atoms with E-state index < -0.39 is 0 Å². The minimum atomic E-state index is 0.120. The minimum Gasteiger partial charge on any atom is -0.454 e. The molecule has 11 aliphatic rings. The zero-order chi connectivity index (χ0) is 95.3. The summed E-state index contributed by atoms with van der Waals surface area (Å²) in [4.78, 5) is 26.7. The van der Waals surface area contributed by atoms with Crippen molar-refractivity contribution in [2.75, 3.05) is 57.2 Å². The van der Waals surface area contributed by atoms with Crippen LogP contribution in [0.15, 0.2) is 194 Å². The van der Waals surface area contributed by atoms with Crippen LogP contribution in [0, 0.1) is 80.0 Å². The molecule has 14 aromatic rings. The Balaban J connectivity index is 0.000000124. The van der Waals surface area contributed by atoms with Gasteiger partial charge in [-0.15, -0.1) is 0 Å². The second-order valence-electron chi connectivity index (χ2n) is 44.4. The van der Waals surface area contributed by atoms with Crippen molar-refractivity contribution in [1.82, 2.24) is 15.0 Å². The Labute approximate surface area is 798 Å². The van der Waals surface area contributed by atoms with Crippen LogP contribution in [0.5, 0.6) is 0 Å². The van der Waals surface area contributed by atoms with Crippen molar-refractivity contribution in [2.45, 2.75) is 337 Å². The van der Waals surface area contributed by atoms with E-state index in [0.717, 1.165) is 111 Å². The molecule has 0 atom stereocenters. The van der Waals surface area contributed by atoms with E-state index in [4.69, 9.17) is 22.7 Å². The Kier molecular flexibility index (Phi) is 28.5. The maximum Gasteiger partial charge on any atom is 0.227 e. The molecular formula is C121H162N8O4. The summed E-state index contributed by atoms with van der Waals surface area (Å²) in [5.74, 6) is 5.02. The molecule has 6 aliphatic carbocycles. The van der Waals surface area contributed by atoms with Crippen LogP contribution < -0.4 is 24.5 Å². The van der Waals surface area contributed by atoms with Crippen LogP contribution in [0.1, 0.15) is 308 Å². The zero-order valence-corrected chi connectivity index (χ0v) is 86.7. The first-order valence-electron chi connectivity index (χ1n) is 52.1. The van der Waals surface area contributed by atoms with Gasteiger partial charge in [0.05, 0.1) is 22.7 Å². The molecule has 4 saturated heterocycles. The molecule has 12 heteroatoms. The lowest BCUT2D eigenvalue weighted by Gasteiger charge is -2.60. The number of benzene rings is 7. The summed E-state index contributed by atoms with van der Waals surface area (Å²) in [6.07, 6.45) is 31.9. The maximum absolute atomic E-state index is 6.40. The number of nitrogens with zero attached hydrogens (tertiary/aromatic N) is 8. The molecule has 133 heavy (non-hydrogen) atoms. The van der Waals surface area contributed by atoms with Crippen molar-refractivity contribution < 1.29 is 17.7 Å². The van der Waals surface area contributed by atoms with E-state index in [1.165, 1.54) is 218 Å². The van der Waals surface area contributed by atoms with Crippen LogP contribution in [0.4, 0.5) is 34.3 Å². The van der Waals surface area contributed by atoms with Gasteiger partial charge < -0.3 is 42.2 Å². The van der Waals surface area contributed by atoms with Gasteiger partial charge in [0.25, 0.3) is 0 Å². The fourth-order valence-corrected chi connectivity index (χ4v) is 27.8. The molecule has 6 saturated carbocycles. The first-order chi connectivity index (χ1) is 63.8. The number of hydrogen-bond donors (Lipinski definition) is 0. The van der Waals surface area contributed by atoms with Crippen LogP contribution in [-0.2, 0) is 5.41 Å². The number of fused-ring (bicyclic) bond motifs is 13. The lowest BCUT2D eigenvalue weighted by atomic mass is 9.44. The number of rotatable bonds is 5. The number of pyridine rings is 3. The summed E-state index contributed by atoms with van der Waals surface area (Å²) >= 11 is 0. The van der Waals surface area contributed by atoms with Crippen LogP contribution in [-0.4, -0.2) is 69.8 Å². The second-order valence-corrected chi connectivity index (χ2v) is 44.4. The summed E-state index contributed by atoms with van der Waals surface area (Å²) in [6, 6.07) is 56.1.